The van der Waals surface area contributed by atoms with Crippen LogP contribution in [0.2, 0.25) is 10.2 Å². The van der Waals surface area contributed by atoms with Crippen LogP contribution >= 0.6 is 23.2 Å². The number of halogens is 2. The van der Waals surface area contributed by atoms with E-state index < -0.39 is 0 Å². The molecule has 5 nitrogen and oxygen atoms in total. The van der Waals surface area contributed by atoms with Crippen LogP contribution in [0.5, 0.6) is 0 Å². The van der Waals surface area contributed by atoms with E-state index in [9.17, 15) is 0 Å². The van der Waals surface area contributed by atoms with E-state index in [1.54, 1.807) is 6.07 Å². The number of nitriles is 1. The maximum absolute atomic E-state index is 8.76. The van der Waals surface area contributed by atoms with Crippen LogP contribution in [0.3, 0.4) is 0 Å². The standard InChI is InChI=1S/C10H7Cl2N5/c1-5-2-8(17-16-5)14-10-7(11)3-6(4-13)9(12)15-10/h2-3H,1H3,(H2,14,15,16,17). The summed E-state index contributed by atoms with van der Waals surface area (Å²) in [6, 6.07) is 5.16. The molecule has 0 fully saturated rings. The van der Waals surface area contributed by atoms with E-state index in [0.717, 1.165) is 5.69 Å². The number of nitrogens with zero attached hydrogens (tertiary/aromatic N) is 3. The SMILES string of the molecule is Cc1cc(Nc2nc(Cl)c(C#N)cc2Cl)n[nH]1. The highest BCUT2D eigenvalue weighted by atomic mass is 35.5. The molecule has 2 rings (SSSR count). The van der Waals surface area contributed by atoms with Crippen molar-refractivity contribution in [2.24, 2.45) is 0 Å². The molecule has 7 heteroatoms. The Bertz CT molecular complexity index is 599. The zero-order chi connectivity index (χ0) is 12.4. The second-order valence-electron chi connectivity index (χ2n) is 3.33. The second kappa shape index (κ2) is 4.62. The Morgan fingerprint density at radius 2 is 2.18 bits per heavy atom. The summed E-state index contributed by atoms with van der Waals surface area (Å²) in [5, 5.41) is 18.8. The Hall–Kier alpha value is -1.77. The number of rotatable bonds is 2. The molecule has 0 atom stereocenters. The Morgan fingerprint density at radius 1 is 1.41 bits per heavy atom. The van der Waals surface area contributed by atoms with Crippen LogP contribution in [-0.2, 0) is 0 Å². The van der Waals surface area contributed by atoms with Crippen LogP contribution in [0.25, 0.3) is 0 Å². The van der Waals surface area contributed by atoms with E-state index in [1.165, 1.54) is 6.07 Å². The number of anilines is 2. The van der Waals surface area contributed by atoms with Crippen molar-refractivity contribution in [1.82, 2.24) is 15.2 Å². The Morgan fingerprint density at radius 3 is 2.76 bits per heavy atom. The van der Waals surface area contributed by atoms with E-state index in [4.69, 9.17) is 28.5 Å². The lowest BCUT2D eigenvalue weighted by atomic mass is 10.3. The number of nitrogens with one attached hydrogen (secondary N) is 2. The highest BCUT2D eigenvalue weighted by molar-refractivity contribution is 6.34. The smallest absolute Gasteiger partial charge is 0.153 e. The monoisotopic (exact) mass is 267 g/mol. The zero-order valence-electron chi connectivity index (χ0n) is 8.75. The normalized spacial score (nSPS) is 10.0. The van der Waals surface area contributed by atoms with E-state index in [1.807, 2.05) is 13.0 Å². The van der Waals surface area contributed by atoms with Crippen LogP contribution in [0.4, 0.5) is 11.6 Å². The molecule has 2 aromatic heterocycles. The Balaban J connectivity index is 2.34. The Kier molecular flexibility index (Phi) is 3.18. The van der Waals surface area contributed by atoms with Crippen molar-refractivity contribution in [2.45, 2.75) is 6.92 Å². The number of aromatic amines is 1. The summed E-state index contributed by atoms with van der Waals surface area (Å²) in [5.41, 5.74) is 1.14. The van der Waals surface area contributed by atoms with Gasteiger partial charge >= 0.3 is 0 Å². The van der Waals surface area contributed by atoms with Crippen molar-refractivity contribution in [3.8, 4) is 6.07 Å². The van der Waals surface area contributed by atoms with Gasteiger partial charge in [0.25, 0.3) is 0 Å². The van der Waals surface area contributed by atoms with Crippen LogP contribution in [0, 0.1) is 18.3 Å². The van der Waals surface area contributed by atoms with Crippen LogP contribution in [-0.4, -0.2) is 15.2 Å². The van der Waals surface area contributed by atoms with Gasteiger partial charge in [-0.3, -0.25) is 5.10 Å². The van der Waals surface area contributed by atoms with Gasteiger partial charge < -0.3 is 5.32 Å². The van der Waals surface area contributed by atoms with Crippen molar-refractivity contribution < 1.29 is 0 Å². The van der Waals surface area contributed by atoms with Crippen molar-refractivity contribution in [2.75, 3.05) is 5.32 Å². The average molecular weight is 268 g/mol. The minimum absolute atomic E-state index is 0.103. The lowest BCUT2D eigenvalue weighted by Gasteiger charge is -2.05. The van der Waals surface area contributed by atoms with Crippen molar-refractivity contribution >= 4 is 34.8 Å². The van der Waals surface area contributed by atoms with Gasteiger partial charge in [-0.15, -0.1) is 0 Å². The average Bonchev–Trinajstić information content (AvgIpc) is 2.69. The number of hydrogen-bond donors (Lipinski definition) is 2. The zero-order valence-corrected chi connectivity index (χ0v) is 10.3. The van der Waals surface area contributed by atoms with Gasteiger partial charge in [0.1, 0.15) is 11.2 Å². The van der Waals surface area contributed by atoms with Crippen molar-refractivity contribution in [1.29, 1.82) is 5.26 Å². The van der Waals surface area contributed by atoms with Crippen molar-refractivity contribution in [3.05, 3.63) is 33.6 Å². The van der Waals surface area contributed by atoms with Gasteiger partial charge in [-0.2, -0.15) is 10.4 Å². The third-order valence-corrected chi connectivity index (χ3v) is 2.58. The van der Waals surface area contributed by atoms with E-state index >= 15 is 0 Å². The van der Waals surface area contributed by atoms with Crippen LogP contribution in [0.1, 0.15) is 11.3 Å². The van der Waals surface area contributed by atoms with E-state index in [0.29, 0.717) is 16.7 Å². The largest absolute Gasteiger partial charge is 0.322 e. The molecular weight excluding hydrogens is 261 g/mol. The van der Waals surface area contributed by atoms with Crippen molar-refractivity contribution in [3.63, 3.8) is 0 Å². The summed E-state index contributed by atoms with van der Waals surface area (Å²) >= 11 is 11.8. The molecule has 2 N–H and O–H groups in total. The lowest BCUT2D eigenvalue weighted by Crippen LogP contribution is -1.96. The molecule has 0 saturated carbocycles. The van der Waals surface area contributed by atoms with Gasteiger partial charge in [0, 0.05) is 11.8 Å². The highest BCUT2D eigenvalue weighted by Gasteiger charge is 2.10. The summed E-state index contributed by atoms with van der Waals surface area (Å²) in [7, 11) is 0. The second-order valence-corrected chi connectivity index (χ2v) is 4.10. The molecule has 0 aliphatic rings. The molecule has 0 aliphatic carbocycles. The number of pyridine rings is 1. The fourth-order valence-corrected chi connectivity index (χ4v) is 1.62. The predicted octanol–water partition coefficient (Wildman–Crippen LogP) is 3.04. The summed E-state index contributed by atoms with van der Waals surface area (Å²) in [6.07, 6.45) is 0. The fourth-order valence-electron chi connectivity index (χ4n) is 1.24. The summed E-state index contributed by atoms with van der Waals surface area (Å²) in [4.78, 5) is 3.99. The fraction of sp³-hybridized carbons (Fsp3) is 0.100. The first-order chi connectivity index (χ1) is 8.10. The molecule has 0 bridgehead atoms. The minimum Gasteiger partial charge on any atom is -0.322 e. The third-order valence-electron chi connectivity index (χ3n) is 2.00. The topological polar surface area (TPSA) is 77.4 Å². The molecular formula is C10H7Cl2N5. The summed E-state index contributed by atoms with van der Waals surface area (Å²) in [5.74, 6) is 0.944. The molecule has 2 heterocycles. The molecule has 0 aromatic carbocycles. The number of aryl methyl sites for hydroxylation is 1. The van der Waals surface area contributed by atoms with Gasteiger partial charge in [0.15, 0.2) is 11.6 Å². The summed E-state index contributed by atoms with van der Waals surface area (Å²) < 4.78 is 0. The molecule has 0 amide bonds. The first kappa shape index (κ1) is 11.7. The van der Waals surface area contributed by atoms with Gasteiger partial charge in [-0.05, 0) is 13.0 Å². The highest BCUT2D eigenvalue weighted by Crippen LogP contribution is 2.27. The molecule has 0 saturated heterocycles. The predicted molar refractivity (Wildman–Crippen MR) is 65.6 cm³/mol. The first-order valence-corrected chi connectivity index (χ1v) is 5.41. The molecule has 0 radical (unpaired) electrons. The van der Waals surface area contributed by atoms with Gasteiger partial charge in [0.05, 0.1) is 10.6 Å². The molecule has 2 aromatic rings. The number of H-pyrrole nitrogens is 1. The number of aromatic nitrogens is 3. The maximum Gasteiger partial charge on any atom is 0.153 e. The van der Waals surface area contributed by atoms with Gasteiger partial charge in [-0.1, -0.05) is 23.2 Å². The van der Waals surface area contributed by atoms with E-state index in [2.05, 4.69) is 20.5 Å². The number of hydrogen-bond acceptors (Lipinski definition) is 4. The third kappa shape index (κ3) is 2.49. The molecule has 86 valence electrons. The van der Waals surface area contributed by atoms with Gasteiger partial charge in [0.2, 0.25) is 0 Å². The molecule has 17 heavy (non-hydrogen) atoms. The maximum atomic E-state index is 8.76. The lowest BCUT2D eigenvalue weighted by molar-refractivity contribution is 1.05. The summed E-state index contributed by atoms with van der Waals surface area (Å²) in [6.45, 7) is 1.87. The molecule has 0 unspecified atom stereocenters. The minimum atomic E-state index is 0.103. The Labute approximate surface area is 107 Å². The van der Waals surface area contributed by atoms with Crippen LogP contribution in [0.15, 0.2) is 12.1 Å². The van der Waals surface area contributed by atoms with E-state index in [-0.39, 0.29) is 10.7 Å². The van der Waals surface area contributed by atoms with Gasteiger partial charge in [-0.25, -0.2) is 4.98 Å². The molecule has 0 spiro atoms. The first-order valence-electron chi connectivity index (χ1n) is 4.65. The quantitative estimate of drug-likeness (QED) is 0.820. The molecule has 0 aliphatic heterocycles. The van der Waals surface area contributed by atoms with Crippen LogP contribution < -0.4 is 5.32 Å².